The number of aromatic nitrogens is 1. The molecule has 0 saturated heterocycles. The molecule has 0 unspecified atom stereocenters. The number of aryl methyl sites for hydroxylation is 1. The number of methoxy groups -OCH3 is 1. The minimum Gasteiger partial charge on any atom is -0.493 e. The van der Waals surface area contributed by atoms with Crippen molar-refractivity contribution >= 4 is 17.3 Å². The summed E-state index contributed by atoms with van der Waals surface area (Å²) in [5, 5.41) is 13.3. The van der Waals surface area contributed by atoms with E-state index >= 15 is 0 Å². The molecule has 0 atom stereocenters. The third kappa shape index (κ3) is 5.44. The predicted molar refractivity (Wildman–Crippen MR) is 109 cm³/mol. The monoisotopic (exact) mass is 409 g/mol. The Morgan fingerprint density at radius 3 is 2.50 bits per heavy atom. The molecule has 2 aromatic carbocycles. The van der Waals surface area contributed by atoms with Gasteiger partial charge in [-0.25, -0.2) is 4.98 Å². The lowest BCUT2D eigenvalue weighted by atomic mass is 10.2. The number of nitro benzene ring substituents is 1. The Morgan fingerprint density at radius 2 is 1.87 bits per heavy atom. The van der Waals surface area contributed by atoms with Gasteiger partial charge in [-0.05, 0) is 42.8 Å². The third-order valence-corrected chi connectivity index (χ3v) is 3.97. The fourth-order valence-corrected chi connectivity index (χ4v) is 2.50. The fraction of sp³-hybridized carbons (Fsp3) is 0.143. The van der Waals surface area contributed by atoms with Crippen molar-refractivity contribution in [3.8, 4) is 23.1 Å². The van der Waals surface area contributed by atoms with E-state index in [1.165, 1.54) is 30.5 Å². The van der Waals surface area contributed by atoms with Crippen molar-refractivity contribution in [2.24, 2.45) is 0 Å². The first kappa shape index (κ1) is 20.6. The smallest absolute Gasteiger partial charge is 0.269 e. The van der Waals surface area contributed by atoms with E-state index in [0.29, 0.717) is 28.8 Å². The van der Waals surface area contributed by atoms with Crippen LogP contribution in [-0.2, 0) is 4.79 Å². The van der Waals surface area contributed by atoms with Gasteiger partial charge in [0, 0.05) is 18.2 Å². The van der Waals surface area contributed by atoms with Gasteiger partial charge in [-0.2, -0.15) is 0 Å². The van der Waals surface area contributed by atoms with Gasteiger partial charge in [0.2, 0.25) is 5.88 Å². The molecule has 0 aliphatic rings. The van der Waals surface area contributed by atoms with Crippen molar-refractivity contribution in [1.29, 1.82) is 0 Å². The molecule has 1 heterocycles. The Labute approximate surface area is 172 Å². The molecule has 9 heteroatoms. The van der Waals surface area contributed by atoms with Gasteiger partial charge in [0.15, 0.2) is 18.1 Å². The number of non-ortho nitro benzene ring substituents is 1. The first-order valence-corrected chi connectivity index (χ1v) is 8.90. The molecule has 30 heavy (non-hydrogen) atoms. The lowest BCUT2D eigenvalue weighted by Crippen LogP contribution is -2.20. The number of carbonyl (C=O) groups excluding carboxylic acids is 1. The van der Waals surface area contributed by atoms with Gasteiger partial charge in [0.05, 0.1) is 23.9 Å². The Morgan fingerprint density at radius 1 is 1.10 bits per heavy atom. The van der Waals surface area contributed by atoms with Crippen LogP contribution in [0.3, 0.4) is 0 Å². The van der Waals surface area contributed by atoms with Crippen LogP contribution in [0.25, 0.3) is 0 Å². The van der Waals surface area contributed by atoms with Crippen molar-refractivity contribution in [1.82, 2.24) is 4.98 Å². The zero-order chi connectivity index (χ0) is 21.5. The molecule has 0 fully saturated rings. The number of nitro groups is 1. The van der Waals surface area contributed by atoms with E-state index in [1.807, 2.05) is 19.1 Å². The van der Waals surface area contributed by atoms with E-state index in [0.717, 1.165) is 5.56 Å². The molecule has 0 saturated carbocycles. The molecule has 3 aromatic rings. The van der Waals surface area contributed by atoms with Gasteiger partial charge in [0.25, 0.3) is 11.6 Å². The van der Waals surface area contributed by atoms with E-state index in [2.05, 4.69) is 10.3 Å². The summed E-state index contributed by atoms with van der Waals surface area (Å²) in [6.45, 7) is 1.70. The number of ether oxygens (including phenoxy) is 3. The second-order valence-electron chi connectivity index (χ2n) is 6.23. The van der Waals surface area contributed by atoms with Crippen molar-refractivity contribution < 1.29 is 23.9 Å². The van der Waals surface area contributed by atoms with E-state index in [9.17, 15) is 14.9 Å². The number of carbonyl (C=O) groups is 1. The first-order valence-electron chi connectivity index (χ1n) is 8.90. The maximum absolute atomic E-state index is 12.0. The molecule has 3 rings (SSSR count). The topological polar surface area (TPSA) is 113 Å². The van der Waals surface area contributed by atoms with Crippen molar-refractivity contribution in [3.05, 3.63) is 76.5 Å². The van der Waals surface area contributed by atoms with Crippen LogP contribution < -0.4 is 19.5 Å². The van der Waals surface area contributed by atoms with Crippen LogP contribution in [0.15, 0.2) is 60.8 Å². The Bertz CT molecular complexity index is 1040. The summed E-state index contributed by atoms with van der Waals surface area (Å²) in [5.74, 6) is 1.42. The zero-order valence-electron chi connectivity index (χ0n) is 16.3. The van der Waals surface area contributed by atoms with Crippen LogP contribution >= 0.6 is 0 Å². The first-order chi connectivity index (χ1) is 14.4. The van der Waals surface area contributed by atoms with Crippen LogP contribution in [0.5, 0.6) is 23.1 Å². The Balaban J connectivity index is 1.53. The summed E-state index contributed by atoms with van der Waals surface area (Å²) < 4.78 is 16.3. The number of hydrogen-bond acceptors (Lipinski definition) is 7. The lowest BCUT2D eigenvalue weighted by Gasteiger charge is -2.11. The van der Waals surface area contributed by atoms with Crippen molar-refractivity contribution in [2.45, 2.75) is 6.92 Å². The molecule has 9 nitrogen and oxygen atoms in total. The fourth-order valence-electron chi connectivity index (χ4n) is 2.50. The molecule has 0 radical (unpaired) electrons. The molecule has 0 aliphatic carbocycles. The number of anilines is 1. The van der Waals surface area contributed by atoms with Crippen LogP contribution in [-0.4, -0.2) is 29.5 Å². The van der Waals surface area contributed by atoms with Gasteiger partial charge in [-0.1, -0.05) is 6.07 Å². The number of nitrogens with zero attached hydrogens (tertiary/aromatic N) is 2. The lowest BCUT2D eigenvalue weighted by molar-refractivity contribution is -0.384. The molecule has 1 amide bonds. The molecular formula is C21H19N3O6. The summed E-state index contributed by atoms with van der Waals surface area (Å²) in [6, 6.07) is 14.3. The quantitative estimate of drug-likeness (QED) is 0.440. The van der Waals surface area contributed by atoms with Crippen LogP contribution in [0, 0.1) is 17.0 Å². The van der Waals surface area contributed by atoms with Gasteiger partial charge in [-0.3, -0.25) is 14.9 Å². The number of pyridine rings is 1. The van der Waals surface area contributed by atoms with E-state index in [4.69, 9.17) is 14.2 Å². The molecule has 0 bridgehead atoms. The summed E-state index contributed by atoms with van der Waals surface area (Å²) in [6.07, 6.45) is 1.46. The van der Waals surface area contributed by atoms with E-state index in [1.54, 1.807) is 25.3 Å². The highest BCUT2D eigenvalue weighted by Gasteiger charge is 2.09. The molecule has 0 spiro atoms. The standard InChI is InChI=1S/C21H19N3O6/c1-14-3-9-18(19(11-14)28-2)30-21-10-4-15(12-22-21)23-20(25)13-29-17-7-5-16(6-8-17)24(26)27/h3-12H,13H2,1-2H3,(H,23,25). The molecule has 0 aliphatic heterocycles. The number of amides is 1. The minimum absolute atomic E-state index is 0.0524. The average Bonchev–Trinajstić information content (AvgIpc) is 2.75. The Hall–Kier alpha value is -4.14. The third-order valence-electron chi connectivity index (χ3n) is 3.97. The predicted octanol–water partition coefficient (Wildman–Crippen LogP) is 4.12. The number of hydrogen-bond donors (Lipinski definition) is 1. The highest BCUT2D eigenvalue weighted by molar-refractivity contribution is 5.91. The molecule has 154 valence electrons. The SMILES string of the molecule is COc1cc(C)ccc1Oc1ccc(NC(=O)COc2ccc([N+](=O)[O-])cc2)cn1. The summed E-state index contributed by atoms with van der Waals surface area (Å²) >= 11 is 0. The largest absolute Gasteiger partial charge is 0.493 e. The van der Waals surface area contributed by atoms with Crippen molar-refractivity contribution in [3.63, 3.8) is 0 Å². The van der Waals surface area contributed by atoms with Crippen molar-refractivity contribution in [2.75, 3.05) is 19.0 Å². The van der Waals surface area contributed by atoms with E-state index in [-0.39, 0.29) is 12.3 Å². The van der Waals surface area contributed by atoms with Gasteiger partial charge in [0.1, 0.15) is 5.75 Å². The van der Waals surface area contributed by atoms with Crippen LogP contribution in [0.4, 0.5) is 11.4 Å². The van der Waals surface area contributed by atoms with Gasteiger partial charge >= 0.3 is 0 Å². The highest BCUT2D eigenvalue weighted by atomic mass is 16.6. The second kappa shape index (κ2) is 9.37. The van der Waals surface area contributed by atoms with Crippen LogP contribution in [0.2, 0.25) is 0 Å². The van der Waals surface area contributed by atoms with Gasteiger partial charge in [-0.15, -0.1) is 0 Å². The zero-order valence-corrected chi connectivity index (χ0v) is 16.3. The molecule has 1 N–H and O–H groups in total. The second-order valence-corrected chi connectivity index (χ2v) is 6.23. The number of benzene rings is 2. The number of rotatable bonds is 8. The summed E-state index contributed by atoms with van der Waals surface area (Å²) in [7, 11) is 1.56. The maximum Gasteiger partial charge on any atom is 0.269 e. The minimum atomic E-state index is -0.508. The molecular weight excluding hydrogens is 390 g/mol. The summed E-state index contributed by atoms with van der Waals surface area (Å²) in [4.78, 5) is 26.3. The molecule has 1 aromatic heterocycles. The van der Waals surface area contributed by atoms with E-state index < -0.39 is 10.8 Å². The van der Waals surface area contributed by atoms with Gasteiger partial charge < -0.3 is 19.5 Å². The highest BCUT2D eigenvalue weighted by Crippen LogP contribution is 2.31. The normalized spacial score (nSPS) is 10.2. The number of nitrogens with one attached hydrogen (secondary N) is 1. The Kier molecular flexibility index (Phi) is 6.43. The summed E-state index contributed by atoms with van der Waals surface area (Å²) in [5.41, 5.74) is 1.46. The average molecular weight is 409 g/mol. The maximum atomic E-state index is 12.0. The van der Waals surface area contributed by atoms with Crippen LogP contribution in [0.1, 0.15) is 5.56 Å².